The van der Waals surface area contributed by atoms with Crippen LogP contribution in [0.1, 0.15) is 33.8 Å². The molecule has 0 saturated carbocycles. The summed E-state index contributed by atoms with van der Waals surface area (Å²) in [7, 11) is 0. The zero-order valence-corrected chi connectivity index (χ0v) is 9.67. The van der Waals surface area contributed by atoms with E-state index in [9.17, 15) is 4.79 Å². The first-order valence-corrected chi connectivity index (χ1v) is 6.42. The third kappa shape index (κ3) is 1.59. The Labute approximate surface area is 98.7 Å². The van der Waals surface area contributed by atoms with Crippen LogP contribution in [0.5, 0.6) is 0 Å². The summed E-state index contributed by atoms with van der Waals surface area (Å²) in [5.41, 5.74) is 3.64. The molecule has 1 aliphatic carbocycles. The van der Waals surface area contributed by atoms with Gasteiger partial charge >= 0.3 is 0 Å². The van der Waals surface area contributed by atoms with Crippen LogP contribution in [0.2, 0.25) is 0 Å². The van der Waals surface area contributed by atoms with Crippen LogP contribution in [0.4, 0.5) is 0 Å². The summed E-state index contributed by atoms with van der Waals surface area (Å²) in [5, 5.41) is 3.90. The molecule has 80 valence electrons. The number of hydrogen-bond donors (Lipinski definition) is 0. The van der Waals surface area contributed by atoms with Crippen molar-refractivity contribution in [1.29, 1.82) is 0 Å². The zero-order valence-electron chi connectivity index (χ0n) is 8.85. The number of Topliss-reactive ketones (excluding diaryl/α,β-unsaturated/α-hetero) is 1. The summed E-state index contributed by atoms with van der Waals surface area (Å²) < 4.78 is 0. The van der Waals surface area contributed by atoms with Gasteiger partial charge in [0.1, 0.15) is 0 Å². The Morgan fingerprint density at radius 3 is 2.94 bits per heavy atom. The Balaban J connectivity index is 1.73. The summed E-state index contributed by atoms with van der Waals surface area (Å²) in [6, 6.07) is 10.3. The van der Waals surface area contributed by atoms with Gasteiger partial charge in [-0.2, -0.15) is 11.3 Å². The lowest BCUT2D eigenvalue weighted by Gasteiger charge is -2.29. The molecule has 0 aliphatic heterocycles. The van der Waals surface area contributed by atoms with Crippen LogP contribution in [-0.4, -0.2) is 5.78 Å². The summed E-state index contributed by atoms with van der Waals surface area (Å²) in [5.74, 6) is 0.726. The number of rotatable bonds is 3. The molecule has 1 aromatic heterocycles. The highest BCUT2D eigenvalue weighted by Crippen LogP contribution is 2.37. The molecule has 1 unspecified atom stereocenters. The topological polar surface area (TPSA) is 17.1 Å². The van der Waals surface area contributed by atoms with Crippen molar-refractivity contribution in [2.45, 2.75) is 18.8 Å². The molecule has 1 atom stereocenters. The Morgan fingerprint density at radius 1 is 1.31 bits per heavy atom. The number of fused-ring (bicyclic) bond motifs is 1. The summed E-state index contributed by atoms with van der Waals surface area (Å²) in [6.45, 7) is 0. The number of carbonyl (C=O) groups is 1. The van der Waals surface area contributed by atoms with Crippen molar-refractivity contribution in [2.24, 2.45) is 0 Å². The standard InChI is InChI=1S/C14H12OS/c15-14(11-5-6-16-9-11)8-12-7-10-3-1-2-4-13(10)12/h1-6,9,12H,7-8H2. The molecule has 1 heterocycles. The van der Waals surface area contributed by atoms with Gasteiger partial charge in [-0.1, -0.05) is 24.3 Å². The highest BCUT2D eigenvalue weighted by atomic mass is 32.1. The molecule has 0 radical (unpaired) electrons. The van der Waals surface area contributed by atoms with Crippen molar-refractivity contribution in [1.82, 2.24) is 0 Å². The largest absolute Gasteiger partial charge is 0.294 e. The van der Waals surface area contributed by atoms with E-state index in [4.69, 9.17) is 0 Å². The van der Waals surface area contributed by atoms with E-state index in [1.807, 2.05) is 16.8 Å². The third-order valence-electron chi connectivity index (χ3n) is 3.24. The van der Waals surface area contributed by atoms with Crippen molar-refractivity contribution in [3.8, 4) is 0 Å². The number of hydrogen-bond acceptors (Lipinski definition) is 2. The molecule has 0 amide bonds. The number of carbonyl (C=O) groups excluding carboxylic acids is 1. The molecule has 3 rings (SSSR count). The smallest absolute Gasteiger partial charge is 0.164 e. The van der Waals surface area contributed by atoms with E-state index in [1.54, 1.807) is 11.3 Å². The van der Waals surface area contributed by atoms with Crippen LogP contribution in [-0.2, 0) is 6.42 Å². The van der Waals surface area contributed by atoms with Crippen molar-refractivity contribution in [2.75, 3.05) is 0 Å². The van der Waals surface area contributed by atoms with E-state index in [2.05, 4.69) is 24.3 Å². The maximum absolute atomic E-state index is 11.9. The van der Waals surface area contributed by atoms with Gasteiger partial charge in [0.2, 0.25) is 0 Å². The van der Waals surface area contributed by atoms with E-state index in [0.717, 1.165) is 12.0 Å². The molecule has 1 nitrogen and oxygen atoms in total. The van der Waals surface area contributed by atoms with Crippen LogP contribution in [0.15, 0.2) is 41.1 Å². The molecule has 1 aliphatic rings. The average Bonchev–Trinajstić information content (AvgIpc) is 2.79. The summed E-state index contributed by atoms with van der Waals surface area (Å²) in [6.07, 6.45) is 1.72. The van der Waals surface area contributed by atoms with Crippen molar-refractivity contribution in [3.05, 3.63) is 57.8 Å². The normalized spacial score (nSPS) is 17.6. The van der Waals surface area contributed by atoms with Gasteiger partial charge in [-0.25, -0.2) is 0 Å². The second-order valence-corrected chi connectivity index (χ2v) is 5.02. The summed E-state index contributed by atoms with van der Waals surface area (Å²) >= 11 is 1.59. The fourth-order valence-corrected chi connectivity index (χ4v) is 2.97. The molecule has 2 heteroatoms. The molecule has 0 fully saturated rings. The van der Waals surface area contributed by atoms with Gasteiger partial charge in [0, 0.05) is 17.4 Å². The molecule has 16 heavy (non-hydrogen) atoms. The van der Waals surface area contributed by atoms with E-state index in [1.165, 1.54) is 11.1 Å². The minimum atomic E-state index is 0.278. The molecular formula is C14H12OS. The van der Waals surface area contributed by atoms with Crippen molar-refractivity contribution in [3.63, 3.8) is 0 Å². The lowest BCUT2D eigenvalue weighted by molar-refractivity contribution is 0.0971. The molecule has 0 bridgehead atoms. The maximum atomic E-state index is 11.9. The van der Waals surface area contributed by atoms with Gasteiger partial charge < -0.3 is 0 Å². The van der Waals surface area contributed by atoms with E-state index >= 15 is 0 Å². The van der Waals surface area contributed by atoms with Crippen LogP contribution in [0.3, 0.4) is 0 Å². The van der Waals surface area contributed by atoms with Gasteiger partial charge in [-0.3, -0.25) is 4.79 Å². The van der Waals surface area contributed by atoms with Gasteiger partial charge in [0.25, 0.3) is 0 Å². The summed E-state index contributed by atoms with van der Waals surface area (Å²) in [4.78, 5) is 11.9. The fraction of sp³-hybridized carbons (Fsp3) is 0.214. The van der Waals surface area contributed by atoms with Gasteiger partial charge in [0.15, 0.2) is 5.78 Å². The van der Waals surface area contributed by atoms with E-state index in [-0.39, 0.29) is 5.78 Å². The lowest BCUT2D eigenvalue weighted by atomic mass is 9.75. The van der Waals surface area contributed by atoms with Gasteiger partial charge in [-0.05, 0) is 34.9 Å². The Kier molecular flexibility index (Phi) is 2.37. The number of benzene rings is 1. The minimum absolute atomic E-state index is 0.278. The molecule has 1 aromatic carbocycles. The Hall–Kier alpha value is -1.41. The van der Waals surface area contributed by atoms with Crippen LogP contribution in [0, 0.1) is 0 Å². The number of ketones is 1. The predicted molar refractivity (Wildman–Crippen MR) is 66.2 cm³/mol. The highest BCUT2D eigenvalue weighted by Gasteiger charge is 2.27. The molecule has 0 spiro atoms. The first-order chi connectivity index (χ1) is 7.84. The Morgan fingerprint density at radius 2 is 2.19 bits per heavy atom. The quantitative estimate of drug-likeness (QED) is 0.733. The highest BCUT2D eigenvalue weighted by molar-refractivity contribution is 7.08. The zero-order chi connectivity index (χ0) is 11.0. The SMILES string of the molecule is O=C(CC1Cc2ccccc21)c1ccsc1. The average molecular weight is 228 g/mol. The van der Waals surface area contributed by atoms with Gasteiger partial charge in [-0.15, -0.1) is 0 Å². The third-order valence-corrected chi connectivity index (χ3v) is 3.92. The van der Waals surface area contributed by atoms with E-state index < -0.39 is 0 Å². The lowest BCUT2D eigenvalue weighted by Crippen LogP contribution is -2.19. The second-order valence-electron chi connectivity index (χ2n) is 4.24. The maximum Gasteiger partial charge on any atom is 0.164 e. The monoisotopic (exact) mass is 228 g/mol. The second kappa shape index (κ2) is 3.87. The van der Waals surface area contributed by atoms with Crippen molar-refractivity contribution < 1.29 is 4.79 Å². The predicted octanol–water partition coefficient (Wildman–Crippen LogP) is 3.66. The van der Waals surface area contributed by atoms with E-state index in [0.29, 0.717) is 12.3 Å². The Bertz CT molecular complexity index is 513. The first-order valence-electron chi connectivity index (χ1n) is 5.48. The first kappa shape index (κ1) is 9.79. The minimum Gasteiger partial charge on any atom is -0.294 e. The fourth-order valence-electron chi connectivity index (χ4n) is 2.31. The van der Waals surface area contributed by atoms with Crippen molar-refractivity contribution >= 4 is 17.1 Å². The molecule has 2 aromatic rings. The van der Waals surface area contributed by atoms with Crippen LogP contribution in [0.25, 0.3) is 0 Å². The molecule has 0 N–H and O–H groups in total. The molecule has 0 saturated heterocycles. The number of thiophene rings is 1. The molecular weight excluding hydrogens is 216 g/mol. The van der Waals surface area contributed by atoms with Crippen LogP contribution >= 0.6 is 11.3 Å². The van der Waals surface area contributed by atoms with Crippen LogP contribution < -0.4 is 0 Å². The van der Waals surface area contributed by atoms with Gasteiger partial charge in [0.05, 0.1) is 0 Å².